The summed E-state index contributed by atoms with van der Waals surface area (Å²) < 4.78 is 0. The van der Waals surface area contributed by atoms with Gasteiger partial charge in [0.05, 0.1) is 0 Å². The second kappa shape index (κ2) is 7.99. The maximum atomic E-state index is 12.5. The van der Waals surface area contributed by atoms with Crippen LogP contribution in [0.4, 0.5) is 4.79 Å². The Bertz CT molecular complexity index is 532. The summed E-state index contributed by atoms with van der Waals surface area (Å²) >= 11 is 0. The van der Waals surface area contributed by atoms with Crippen molar-refractivity contribution in [3.8, 4) is 0 Å². The van der Waals surface area contributed by atoms with Crippen molar-refractivity contribution in [3.05, 3.63) is 35.4 Å². The summed E-state index contributed by atoms with van der Waals surface area (Å²) in [7, 11) is 0. The van der Waals surface area contributed by atoms with Gasteiger partial charge in [0.15, 0.2) is 0 Å². The van der Waals surface area contributed by atoms with Crippen molar-refractivity contribution in [1.82, 2.24) is 15.5 Å². The Labute approximate surface area is 138 Å². The van der Waals surface area contributed by atoms with Crippen LogP contribution < -0.4 is 10.6 Å². The number of rotatable bonds is 4. The minimum atomic E-state index is -0.178. The fraction of sp³-hybridized carbons (Fsp3) is 0.556. The molecule has 1 saturated heterocycles. The van der Waals surface area contributed by atoms with Gasteiger partial charge in [-0.3, -0.25) is 4.79 Å². The van der Waals surface area contributed by atoms with E-state index >= 15 is 0 Å². The number of amides is 3. The van der Waals surface area contributed by atoms with Crippen LogP contribution >= 0.6 is 0 Å². The lowest BCUT2D eigenvalue weighted by Crippen LogP contribution is -2.39. The molecule has 126 valence electrons. The number of nitrogens with zero attached hydrogens (tertiary/aromatic N) is 1. The third-order valence-corrected chi connectivity index (χ3v) is 4.14. The molecule has 1 aromatic carbocycles. The van der Waals surface area contributed by atoms with E-state index in [9.17, 15) is 9.59 Å². The zero-order valence-electron chi connectivity index (χ0n) is 14.3. The van der Waals surface area contributed by atoms with E-state index in [1.54, 1.807) is 0 Å². The van der Waals surface area contributed by atoms with Gasteiger partial charge < -0.3 is 15.5 Å². The molecule has 0 unspecified atom stereocenters. The van der Waals surface area contributed by atoms with Crippen molar-refractivity contribution in [2.75, 3.05) is 13.1 Å². The van der Waals surface area contributed by atoms with Crippen LogP contribution in [0, 0.1) is 5.92 Å². The molecule has 2 rings (SSSR count). The van der Waals surface area contributed by atoms with E-state index in [4.69, 9.17) is 0 Å². The van der Waals surface area contributed by atoms with Crippen LogP contribution in [-0.2, 0) is 6.54 Å². The van der Waals surface area contributed by atoms with Crippen LogP contribution in [0.1, 0.15) is 49.5 Å². The van der Waals surface area contributed by atoms with Crippen molar-refractivity contribution in [1.29, 1.82) is 0 Å². The Hall–Kier alpha value is -2.04. The van der Waals surface area contributed by atoms with Crippen LogP contribution in [-0.4, -0.2) is 36.0 Å². The third-order valence-electron chi connectivity index (χ3n) is 4.14. The largest absolute Gasteiger partial charge is 0.339 e. The number of piperidine rings is 1. The van der Waals surface area contributed by atoms with Crippen LogP contribution in [0.15, 0.2) is 24.3 Å². The molecule has 1 aliphatic rings. The number of likely N-dealkylation sites (tertiary alicyclic amines) is 1. The lowest BCUT2D eigenvalue weighted by atomic mass is 9.98. The van der Waals surface area contributed by atoms with E-state index in [-0.39, 0.29) is 18.0 Å². The summed E-state index contributed by atoms with van der Waals surface area (Å²) in [6.45, 7) is 8.22. The van der Waals surface area contributed by atoms with Crippen LogP contribution in [0.5, 0.6) is 0 Å². The van der Waals surface area contributed by atoms with Crippen LogP contribution in [0.3, 0.4) is 0 Å². The van der Waals surface area contributed by atoms with Gasteiger partial charge in [-0.25, -0.2) is 4.79 Å². The van der Waals surface area contributed by atoms with Gasteiger partial charge in [-0.05, 0) is 50.3 Å². The highest BCUT2D eigenvalue weighted by Crippen LogP contribution is 2.18. The molecule has 0 atom stereocenters. The molecule has 0 saturated carbocycles. The maximum absolute atomic E-state index is 12.5. The summed E-state index contributed by atoms with van der Waals surface area (Å²) in [6, 6.07) is 7.42. The first-order valence-electron chi connectivity index (χ1n) is 8.38. The monoisotopic (exact) mass is 317 g/mol. The average Bonchev–Trinajstić information content (AvgIpc) is 2.53. The molecule has 0 aromatic heterocycles. The predicted molar refractivity (Wildman–Crippen MR) is 91.3 cm³/mol. The average molecular weight is 317 g/mol. The van der Waals surface area contributed by atoms with E-state index in [1.807, 2.05) is 43.0 Å². The molecule has 0 radical (unpaired) electrons. The van der Waals surface area contributed by atoms with E-state index < -0.39 is 0 Å². The molecule has 1 aromatic rings. The Kier molecular flexibility index (Phi) is 6.02. The Morgan fingerprint density at radius 3 is 2.35 bits per heavy atom. The smallest absolute Gasteiger partial charge is 0.315 e. The van der Waals surface area contributed by atoms with E-state index in [2.05, 4.69) is 17.6 Å². The summed E-state index contributed by atoms with van der Waals surface area (Å²) in [6.07, 6.45) is 2.16. The first-order valence-corrected chi connectivity index (χ1v) is 8.38. The highest BCUT2D eigenvalue weighted by Gasteiger charge is 2.21. The van der Waals surface area contributed by atoms with Gasteiger partial charge in [0.25, 0.3) is 5.91 Å². The summed E-state index contributed by atoms with van der Waals surface area (Å²) in [4.78, 5) is 25.9. The minimum absolute atomic E-state index is 0.106. The number of hydrogen-bond donors (Lipinski definition) is 2. The Morgan fingerprint density at radius 1 is 1.17 bits per heavy atom. The normalized spacial score (nSPS) is 15.6. The van der Waals surface area contributed by atoms with Crippen molar-refractivity contribution < 1.29 is 9.59 Å². The number of nitrogens with one attached hydrogen (secondary N) is 2. The summed E-state index contributed by atoms with van der Waals surface area (Å²) in [5.74, 6) is 0.818. The molecule has 5 heteroatoms. The van der Waals surface area contributed by atoms with Gasteiger partial charge in [-0.1, -0.05) is 19.1 Å². The summed E-state index contributed by atoms with van der Waals surface area (Å²) in [5, 5.41) is 5.58. The zero-order valence-corrected chi connectivity index (χ0v) is 14.3. The number of urea groups is 1. The highest BCUT2D eigenvalue weighted by molar-refractivity contribution is 5.94. The first-order chi connectivity index (χ1) is 11.0. The van der Waals surface area contributed by atoms with Crippen molar-refractivity contribution >= 4 is 11.9 Å². The molecule has 5 nitrogen and oxygen atoms in total. The Balaban J connectivity index is 1.86. The maximum Gasteiger partial charge on any atom is 0.315 e. The van der Waals surface area contributed by atoms with Gasteiger partial charge in [0.2, 0.25) is 0 Å². The molecule has 0 bridgehead atoms. The standard InChI is InChI=1S/C18H27N3O2/c1-13(2)20-18(23)19-12-15-4-6-16(7-5-15)17(22)21-10-8-14(3)9-11-21/h4-7,13-14H,8-12H2,1-3H3,(H2,19,20,23). The SMILES string of the molecule is CC1CCN(C(=O)c2ccc(CNC(=O)NC(C)C)cc2)CC1. The number of hydrogen-bond acceptors (Lipinski definition) is 2. The molecule has 3 amide bonds. The van der Waals surface area contributed by atoms with E-state index in [0.717, 1.165) is 37.1 Å². The second-order valence-electron chi connectivity index (χ2n) is 6.65. The Morgan fingerprint density at radius 2 is 1.78 bits per heavy atom. The highest BCUT2D eigenvalue weighted by atomic mass is 16.2. The molecule has 0 aliphatic carbocycles. The third kappa shape index (κ3) is 5.27. The minimum Gasteiger partial charge on any atom is -0.339 e. The molecular formula is C18H27N3O2. The number of carbonyl (C=O) groups is 2. The lowest BCUT2D eigenvalue weighted by Gasteiger charge is -2.30. The van der Waals surface area contributed by atoms with Crippen LogP contribution in [0.2, 0.25) is 0 Å². The fourth-order valence-electron chi connectivity index (χ4n) is 2.65. The fourth-order valence-corrected chi connectivity index (χ4v) is 2.65. The van der Waals surface area contributed by atoms with Crippen molar-refractivity contribution in [2.24, 2.45) is 5.92 Å². The molecule has 2 N–H and O–H groups in total. The second-order valence-corrected chi connectivity index (χ2v) is 6.65. The molecule has 0 spiro atoms. The predicted octanol–water partition coefficient (Wildman–Crippen LogP) is 2.77. The lowest BCUT2D eigenvalue weighted by molar-refractivity contribution is 0.0697. The van der Waals surface area contributed by atoms with Crippen LogP contribution in [0.25, 0.3) is 0 Å². The number of benzene rings is 1. The van der Waals surface area contributed by atoms with Crippen molar-refractivity contribution in [3.63, 3.8) is 0 Å². The topological polar surface area (TPSA) is 61.4 Å². The molecule has 1 heterocycles. The zero-order chi connectivity index (χ0) is 16.8. The van der Waals surface area contributed by atoms with E-state index in [0.29, 0.717) is 12.5 Å². The quantitative estimate of drug-likeness (QED) is 0.897. The number of carbonyl (C=O) groups excluding carboxylic acids is 2. The molecular weight excluding hydrogens is 290 g/mol. The van der Waals surface area contributed by atoms with Crippen molar-refractivity contribution in [2.45, 2.75) is 46.2 Å². The molecule has 23 heavy (non-hydrogen) atoms. The van der Waals surface area contributed by atoms with Gasteiger partial charge >= 0.3 is 6.03 Å². The van der Waals surface area contributed by atoms with E-state index in [1.165, 1.54) is 0 Å². The first kappa shape index (κ1) is 17.3. The molecule has 1 aliphatic heterocycles. The van der Waals surface area contributed by atoms with Gasteiger partial charge in [-0.15, -0.1) is 0 Å². The van der Waals surface area contributed by atoms with Gasteiger partial charge in [-0.2, -0.15) is 0 Å². The summed E-state index contributed by atoms with van der Waals surface area (Å²) in [5.41, 5.74) is 1.70. The van der Waals surface area contributed by atoms with Gasteiger partial charge in [0.1, 0.15) is 0 Å². The van der Waals surface area contributed by atoms with Gasteiger partial charge in [0, 0.05) is 31.2 Å². The molecule has 1 fully saturated rings.